The van der Waals surface area contributed by atoms with Gasteiger partial charge < -0.3 is 14.5 Å². The molecule has 0 saturated carbocycles. The number of ketones is 1. The lowest BCUT2D eigenvalue weighted by atomic mass is 10.1. The van der Waals surface area contributed by atoms with Crippen molar-refractivity contribution in [1.29, 1.82) is 0 Å². The van der Waals surface area contributed by atoms with Crippen molar-refractivity contribution >= 4 is 11.7 Å². The van der Waals surface area contributed by atoms with E-state index >= 15 is 0 Å². The third kappa shape index (κ3) is 4.21. The van der Waals surface area contributed by atoms with Crippen LogP contribution in [0.2, 0.25) is 0 Å². The van der Waals surface area contributed by atoms with Crippen molar-refractivity contribution in [2.24, 2.45) is 0 Å². The minimum absolute atomic E-state index is 0.00853. The first-order valence-corrected chi connectivity index (χ1v) is 6.64. The average molecular weight is 287 g/mol. The fourth-order valence-electron chi connectivity index (χ4n) is 1.76. The lowest BCUT2D eigenvalue weighted by molar-refractivity contribution is -0.127. The van der Waals surface area contributed by atoms with Crippen LogP contribution in [0.4, 0.5) is 0 Å². The molecule has 1 atom stereocenters. The van der Waals surface area contributed by atoms with Crippen molar-refractivity contribution < 1.29 is 18.7 Å². The van der Waals surface area contributed by atoms with Crippen LogP contribution in [0.25, 0.3) is 0 Å². The van der Waals surface area contributed by atoms with Gasteiger partial charge in [-0.05, 0) is 50.2 Å². The van der Waals surface area contributed by atoms with Crippen LogP contribution >= 0.6 is 0 Å². The average Bonchev–Trinajstić information content (AvgIpc) is 2.98. The number of nitrogens with one attached hydrogen (secondary N) is 1. The van der Waals surface area contributed by atoms with Crippen LogP contribution < -0.4 is 10.1 Å². The molecule has 0 saturated heterocycles. The highest BCUT2D eigenvalue weighted by atomic mass is 16.5. The van der Waals surface area contributed by atoms with E-state index < -0.39 is 6.10 Å². The Hall–Kier alpha value is -2.56. The van der Waals surface area contributed by atoms with Gasteiger partial charge in [-0.2, -0.15) is 0 Å². The summed E-state index contributed by atoms with van der Waals surface area (Å²) in [5.74, 6) is 0.981. The highest BCUT2D eigenvalue weighted by molar-refractivity contribution is 5.94. The molecule has 110 valence electrons. The minimum Gasteiger partial charge on any atom is -0.481 e. The molecule has 5 nitrogen and oxygen atoms in total. The van der Waals surface area contributed by atoms with E-state index in [-0.39, 0.29) is 11.7 Å². The van der Waals surface area contributed by atoms with Gasteiger partial charge in [-0.1, -0.05) is 0 Å². The van der Waals surface area contributed by atoms with Crippen molar-refractivity contribution in [2.45, 2.75) is 26.5 Å². The van der Waals surface area contributed by atoms with Gasteiger partial charge in [-0.3, -0.25) is 9.59 Å². The van der Waals surface area contributed by atoms with Crippen molar-refractivity contribution in [1.82, 2.24) is 5.32 Å². The summed E-state index contributed by atoms with van der Waals surface area (Å²) >= 11 is 0. The molecule has 1 aromatic heterocycles. The molecule has 1 N–H and O–H groups in total. The number of ether oxygens (including phenoxy) is 1. The van der Waals surface area contributed by atoms with Crippen LogP contribution in [0.15, 0.2) is 47.1 Å². The lowest BCUT2D eigenvalue weighted by Gasteiger charge is -2.14. The summed E-state index contributed by atoms with van der Waals surface area (Å²) in [7, 11) is 0. The Morgan fingerprint density at radius 1 is 1.24 bits per heavy atom. The van der Waals surface area contributed by atoms with Crippen LogP contribution in [0.5, 0.6) is 5.75 Å². The standard InChI is InChI=1S/C16H17NO4/c1-11(18)13-5-7-14(8-6-13)21-12(2)16(19)17-10-15-4-3-9-20-15/h3-9,12H,10H2,1-2H3,(H,17,19). The Labute approximate surface area is 122 Å². The van der Waals surface area contributed by atoms with Gasteiger partial charge >= 0.3 is 0 Å². The summed E-state index contributed by atoms with van der Waals surface area (Å²) in [5.41, 5.74) is 0.609. The SMILES string of the molecule is CC(=O)c1ccc(OC(C)C(=O)NCc2ccco2)cc1. The molecule has 5 heteroatoms. The topological polar surface area (TPSA) is 68.5 Å². The molecule has 2 rings (SSSR count). The highest BCUT2D eigenvalue weighted by Crippen LogP contribution is 2.14. The van der Waals surface area contributed by atoms with E-state index in [9.17, 15) is 9.59 Å². The number of amides is 1. The summed E-state index contributed by atoms with van der Waals surface area (Å²) in [4.78, 5) is 23.1. The summed E-state index contributed by atoms with van der Waals surface area (Å²) in [6.45, 7) is 3.49. The number of rotatable bonds is 6. The van der Waals surface area contributed by atoms with Gasteiger partial charge in [0.25, 0.3) is 5.91 Å². The van der Waals surface area contributed by atoms with Gasteiger partial charge in [0.05, 0.1) is 12.8 Å². The molecular weight excluding hydrogens is 270 g/mol. The largest absolute Gasteiger partial charge is 0.481 e. The van der Waals surface area contributed by atoms with Crippen molar-refractivity contribution in [3.8, 4) is 5.75 Å². The van der Waals surface area contributed by atoms with E-state index in [0.29, 0.717) is 23.6 Å². The Morgan fingerprint density at radius 2 is 1.95 bits per heavy atom. The zero-order valence-electron chi connectivity index (χ0n) is 12.0. The van der Waals surface area contributed by atoms with Gasteiger partial charge in [0.15, 0.2) is 11.9 Å². The number of hydrogen-bond donors (Lipinski definition) is 1. The summed E-state index contributed by atoms with van der Waals surface area (Å²) < 4.78 is 10.7. The third-order valence-corrected chi connectivity index (χ3v) is 2.96. The Morgan fingerprint density at radius 3 is 2.52 bits per heavy atom. The van der Waals surface area contributed by atoms with Crippen molar-refractivity contribution in [3.05, 3.63) is 54.0 Å². The Kier molecular flexibility index (Phi) is 4.77. The number of hydrogen-bond acceptors (Lipinski definition) is 4. The number of carbonyl (C=O) groups is 2. The second kappa shape index (κ2) is 6.74. The summed E-state index contributed by atoms with van der Waals surface area (Å²) in [6, 6.07) is 10.2. The second-order valence-electron chi connectivity index (χ2n) is 4.64. The van der Waals surface area contributed by atoms with E-state index in [0.717, 1.165) is 0 Å². The van der Waals surface area contributed by atoms with Gasteiger partial charge in [0.2, 0.25) is 0 Å². The van der Waals surface area contributed by atoms with Crippen molar-refractivity contribution in [3.63, 3.8) is 0 Å². The van der Waals surface area contributed by atoms with Crippen molar-refractivity contribution in [2.75, 3.05) is 0 Å². The van der Waals surface area contributed by atoms with Gasteiger partial charge in [-0.15, -0.1) is 0 Å². The molecule has 1 amide bonds. The molecule has 0 spiro atoms. The maximum Gasteiger partial charge on any atom is 0.261 e. The zero-order valence-corrected chi connectivity index (χ0v) is 12.0. The molecule has 0 bridgehead atoms. The first kappa shape index (κ1) is 14.8. The predicted molar refractivity (Wildman–Crippen MR) is 77.1 cm³/mol. The molecule has 1 heterocycles. The fraction of sp³-hybridized carbons (Fsp3) is 0.250. The number of carbonyl (C=O) groups excluding carboxylic acids is 2. The van der Waals surface area contributed by atoms with E-state index in [1.807, 2.05) is 0 Å². The smallest absolute Gasteiger partial charge is 0.261 e. The van der Waals surface area contributed by atoms with Crippen LogP contribution in [0.3, 0.4) is 0 Å². The van der Waals surface area contributed by atoms with E-state index in [4.69, 9.17) is 9.15 Å². The van der Waals surface area contributed by atoms with Crippen LogP contribution in [0.1, 0.15) is 30.0 Å². The lowest BCUT2D eigenvalue weighted by Crippen LogP contribution is -2.35. The predicted octanol–water partition coefficient (Wildman–Crippen LogP) is 2.57. The molecule has 2 aromatic rings. The fourth-order valence-corrected chi connectivity index (χ4v) is 1.76. The third-order valence-electron chi connectivity index (χ3n) is 2.96. The number of furan rings is 1. The first-order valence-electron chi connectivity index (χ1n) is 6.64. The quantitative estimate of drug-likeness (QED) is 0.829. The Bertz CT molecular complexity index is 602. The molecule has 0 aliphatic heterocycles. The van der Waals surface area contributed by atoms with Gasteiger partial charge in [-0.25, -0.2) is 0 Å². The normalized spacial score (nSPS) is 11.7. The maximum atomic E-state index is 11.9. The maximum absolute atomic E-state index is 11.9. The van der Waals surface area contributed by atoms with E-state index in [1.54, 1.807) is 49.6 Å². The monoisotopic (exact) mass is 287 g/mol. The number of benzene rings is 1. The van der Waals surface area contributed by atoms with Gasteiger partial charge in [0.1, 0.15) is 11.5 Å². The molecular formula is C16H17NO4. The van der Waals surface area contributed by atoms with Gasteiger partial charge in [0, 0.05) is 5.56 Å². The molecule has 21 heavy (non-hydrogen) atoms. The van der Waals surface area contributed by atoms with E-state index in [2.05, 4.69) is 5.32 Å². The van der Waals surface area contributed by atoms with E-state index in [1.165, 1.54) is 6.92 Å². The Balaban J connectivity index is 1.86. The molecule has 1 aromatic carbocycles. The molecule has 0 radical (unpaired) electrons. The highest BCUT2D eigenvalue weighted by Gasteiger charge is 2.14. The number of Topliss-reactive ketones (excluding diaryl/α,β-unsaturated/α-hetero) is 1. The van der Waals surface area contributed by atoms with Crippen LogP contribution in [-0.2, 0) is 11.3 Å². The van der Waals surface area contributed by atoms with Crippen LogP contribution in [0, 0.1) is 0 Å². The first-order chi connectivity index (χ1) is 10.1. The second-order valence-corrected chi connectivity index (χ2v) is 4.64. The minimum atomic E-state index is -0.636. The van der Waals surface area contributed by atoms with Crippen LogP contribution in [-0.4, -0.2) is 17.8 Å². The molecule has 0 aliphatic carbocycles. The summed E-state index contributed by atoms with van der Waals surface area (Å²) in [5, 5.41) is 2.72. The molecule has 1 unspecified atom stereocenters. The summed E-state index contributed by atoms with van der Waals surface area (Å²) in [6.07, 6.45) is 0.918. The zero-order chi connectivity index (χ0) is 15.2. The molecule has 0 fully saturated rings. The molecule has 0 aliphatic rings.